The van der Waals surface area contributed by atoms with E-state index >= 15 is 0 Å². The average molecular weight is 136 g/mol. The molecule has 1 rings (SSSR count). The van der Waals surface area contributed by atoms with Crippen LogP contribution >= 0.6 is 0 Å². The standard InChI is InChI=1S/C10H16/c1-4-9-6-5-7-10(2,3)8-9/h1,9H,5-8H2,2-3H3/t9-/m1/s1. The van der Waals surface area contributed by atoms with Gasteiger partial charge in [0.25, 0.3) is 0 Å². The Labute approximate surface area is 64.0 Å². The van der Waals surface area contributed by atoms with Gasteiger partial charge in [-0.3, -0.25) is 0 Å². The van der Waals surface area contributed by atoms with Crippen LogP contribution in [0.2, 0.25) is 0 Å². The molecule has 0 N–H and O–H groups in total. The molecule has 0 saturated heterocycles. The molecule has 0 aromatic carbocycles. The molecule has 0 radical (unpaired) electrons. The minimum atomic E-state index is 0.509. The molecule has 10 heavy (non-hydrogen) atoms. The summed E-state index contributed by atoms with van der Waals surface area (Å²) in [7, 11) is 0. The second kappa shape index (κ2) is 2.66. The first kappa shape index (κ1) is 7.66. The van der Waals surface area contributed by atoms with Crippen LogP contribution in [0.5, 0.6) is 0 Å². The third-order valence-electron chi connectivity index (χ3n) is 2.44. The monoisotopic (exact) mass is 136 g/mol. The van der Waals surface area contributed by atoms with Crippen molar-refractivity contribution in [1.82, 2.24) is 0 Å². The summed E-state index contributed by atoms with van der Waals surface area (Å²) < 4.78 is 0. The summed E-state index contributed by atoms with van der Waals surface area (Å²) in [5.74, 6) is 3.42. The van der Waals surface area contributed by atoms with Crippen molar-refractivity contribution in [1.29, 1.82) is 0 Å². The highest BCUT2D eigenvalue weighted by Crippen LogP contribution is 2.37. The average Bonchev–Trinajstić information content (AvgIpc) is 1.86. The van der Waals surface area contributed by atoms with E-state index in [0.29, 0.717) is 11.3 Å². The zero-order chi connectivity index (χ0) is 7.61. The highest BCUT2D eigenvalue weighted by atomic mass is 14.3. The van der Waals surface area contributed by atoms with E-state index in [9.17, 15) is 0 Å². The van der Waals surface area contributed by atoms with Crippen LogP contribution in [-0.4, -0.2) is 0 Å². The zero-order valence-corrected chi connectivity index (χ0v) is 6.98. The summed E-state index contributed by atoms with van der Waals surface area (Å²) in [5, 5.41) is 0. The van der Waals surface area contributed by atoms with Gasteiger partial charge in [0.1, 0.15) is 0 Å². The van der Waals surface area contributed by atoms with E-state index in [1.54, 1.807) is 0 Å². The van der Waals surface area contributed by atoms with Gasteiger partial charge in [0.05, 0.1) is 0 Å². The molecule has 0 bridgehead atoms. The van der Waals surface area contributed by atoms with E-state index in [1.165, 1.54) is 25.7 Å². The third-order valence-corrected chi connectivity index (χ3v) is 2.44. The molecule has 0 aliphatic heterocycles. The van der Waals surface area contributed by atoms with Gasteiger partial charge in [-0.15, -0.1) is 12.3 Å². The highest BCUT2D eigenvalue weighted by Gasteiger charge is 2.26. The van der Waals surface area contributed by atoms with Gasteiger partial charge < -0.3 is 0 Å². The summed E-state index contributed by atoms with van der Waals surface area (Å²) in [6.45, 7) is 4.63. The van der Waals surface area contributed by atoms with Crippen LogP contribution in [0.15, 0.2) is 0 Å². The largest absolute Gasteiger partial charge is 0.120 e. The molecule has 56 valence electrons. The first-order valence-electron chi connectivity index (χ1n) is 4.10. The Morgan fingerprint density at radius 3 is 2.60 bits per heavy atom. The summed E-state index contributed by atoms with van der Waals surface area (Å²) in [4.78, 5) is 0. The maximum Gasteiger partial charge on any atom is 0.0205 e. The number of rotatable bonds is 0. The summed E-state index contributed by atoms with van der Waals surface area (Å²) in [5.41, 5.74) is 0.509. The molecule has 0 nitrogen and oxygen atoms in total. The van der Waals surface area contributed by atoms with E-state index in [-0.39, 0.29) is 0 Å². The van der Waals surface area contributed by atoms with Crippen molar-refractivity contribution in [2.24, 2.45) is 11.3 Å². The highest BCUT2D eigenvalue weighted by molar-refractivity contribution is 4.97. The fraction of sp³-hybridized carbons (Fsp3) is 0.800. The van der Waals surface area contributed by atoms with Gasteiger partial charge in [0, 0.05) is 5.92 Å². The van der Waals surface area contributed by atoms with Crippen molar-refractivity contribution < 1.29 is 0 Å². The van der Waals surface area contributed by atoms with Gasteiger partial charge in [-0.2, -0.15) is 0 Å². The van der Waals surface area contributed by atoms with Gasteiger partial charge in [-0.25, -0.2) is 0 Å². The first-order valence-corrected chi connectivity index (χ1v) is 4.10. The zero-order valence-electron chi connectivity index (χ0n) is 6.98. The van der Waals surface area contributed by atoms with Gasteiger partial charge in [-0.1, -0.05) is 20.3 Å². The Kier molecular flexibility index (Phi) is 2.04. The molecule has 0 spiro atoms. The Morgan fingerprint density at radius 1 is 1.50 bits per heavy atom. The number of hydrogen-bond acceptors (Lipinski definition) is 0. The molecule has 0 heteroatoms. The summed E-state index contributed by atoms with van der Waals surface area (Å²) >= 11 is 0. The maximum atomic E-state index is 5.37. The molecule has 0 aromatic heterocycles. The topological polar surface area (TPSA) is 0 Å². The van der Waals surface area contributed by atoms with Crippen molar-refractivity contribution in [3.63, 3.8) is 0 Å². The van der Waals surface area contributed by atoms with Crippen LogP contribution in [0.25, 0.3) is 0 Å². The van der Waals surface area contributed by atoms with Gasteiger partial charge in [-0.05, 0) is 24.7 Å². The maximum absolute atomic E-state index is 5.37. The minimum absolute atomic E-state index is 0.509. The Balaban J connectivity index is 2.49. The van der Waals surface area contributed by atoms with Crippen LogP contribution in [0.1, 0.15) is 39.5 Å². The summed E-state index contributed by atoms with van der Waals surface area (Å²) in [6.07, 6.45) is 10.5. The third kappa shape index (κ3) is 1.77. The Morgan fingerprint density at radius 2 is 2.20 bits per heavy atom. The molecule has 0 heterocycles. The molecule has 1 atom stereocenters. The summed E-state index contributed by atoms with van der Waals surface area (Å²) in [6, 6.07) is 0. The Hall–Kier alpha value is -0.440. The van der Waals surface area contributed by atoms with Crippen molar-refractivity contribution in [3.8, 4) is 12.3 Å². The minimum Gasteiger partial charge on any atom is -0.120 e. The second-order valence-corrected chi connectivity index (χ2v) is 4.12. The van der Waals surface area contributed by atoms with E-state index in [2.05, 4.69) is 19.8 Å². The van der Waals surface area contributed by atoms with Crippen molar-refractivity contribution in [2.75, 3.05) is 0 Å². The predicted octanol–water partition coefficient (Wildman–Crippen LogP) is 2.84. The fourth-order valence-corrected chi connectivity index (χ4v) is 1.84. The van der Waals surface area contributed by atoms with Crippen LogP contribution < -0.4 is 0 Å². The molecule has 1 fully saturated rings. The van der Waals surface area contributed by atoms with Crippen LogP contribution in [0.4, 0.5) is 0 Å². The lowest BCUT2D eigenvalue weighted by Crippen LogP contribution is -2.21. The molecule has 1 aliphatic carbocycles. The lowest BCUT2D eigenvalue weighted by atomic mass is 9.72. The quantitative estimate of drug-likeness (QED) is 0.449. The first-order chi connectivity index (χ1) is 4.64. The fourth-order valence-electron chi connectivity index (χ4n) is 1.84. The molecule has 0 unspecified atom stereocenters. The van der Waals surface area contributed by atoms with E-state index in [1.807, 2.05) is 0 Å². The molecule has 0 amide bonds. The van der Waals surface area contributed by atoms with Crippen molar-refractivity contribution >= 4 is 0 Å². The SMILES string of the molecule is C#C[C@@H]1CCCC(C)(C)C1. The molecule has 1 saturated carbocycles. The van der Waals surface area contributed by atoms with Crippen LogP contribution in [0, 0.1) is 23.7 Å². The van der Waals surface area contributed by atoms with E-state index < -0.39 is 0 Å². The smallest absolute Gasteiger partial charge is 0.0205 e. The molecular weight excluding hydrogens is 120 g/mol. The van der Waals surface area contributed by atoms with Crippen molar-refractivity contribution in [2.45, 2.75) is 39.5 Å². The van der Waals surface area contributed by atoms with Gasteiger partial charge in [0.2, 0.25) is 0 Å². The van der Waals surface area contributed by atoms with Crippen molar-refractivity contribution in [3.05, 3.63) is 0 Å². The van der Waals surface area contributed by atoms with E-state index in [4.69, 9.17) is 6.42 Å². The molecule has 1 aliphatic rings. The molecular formula is C10H16. The van der Waals surface area contributed by atoms with Gasteiger partial charge >= 0.3 is 0 Å². The normalized spacial score (nSPS) is 31.1. The van der Waals surface area contributed by atoms with Crippen LogP contribution in [-0.2, 0) is 0 Å². The van der Waals surface area contributed by atoms with Crippen LogP contribution in [0.3, 0.4) is 0 Å². The predicted molar refractivity (Wildman–Crippen MR) is 44.6 cm³/mol. The van der Waals surface area contributed by atoms with Gasteiger partial charge in [0.15, 0.2) is 0 Å². The second-order valence-electron chi connectivity index (χ2n) is 4.12. The number of terminal acetylenes is 1. The number of hydrogen-bond donors (Lipinski definition) is 0. The lowest BCUT2D eigenvalue weighted by Gasteiger charge is -2.32. The molecule has 0 aromatic rings. The Bertz CT molecular complexity index is 148. The van der Waals surface area contributed by atoms with E-state index in [0.717, 1.165) is 0 Å². The lowest BCUT2D eigenvalue weighted by molar-refractivity contribution is 0.211.